The van der Waals surface area contributed by atoms with E-state index in [4.69, 9.17) is 4.74 Å². The number of ether oxygens (including phenoxy) is 1. The van der Waals surface area contributed by atoms with Gasteiger partial charge in [-0.05, 0) is 40.2 Å². The highest BCUT2D eigenvalue weighted by molar-refractivity contribution is 5.79. The maximum atomic E-state index is 11.7. The number of carbonyl (C=O) groups excluding carboxylic acids is 2. The molecule has 5 heteroatoms. The van der Waals surface area contributed by atoms with E-state index in [1.54, 1.807) is 0 Å². The number of amides is 1. The standard InChI is InChI=1S/C13H24N2O3/c1-13(2,3)12(17)18-8-7-15-11(16)10-5-4-6-14-9-10/h10,14H,4-9H2,1-3H3,(H,15,16)/t10-/m0/s1. The second-order valence-corrected chi connectivity index (χ2v) is 5.72. The van der Waals surface area contributed by atoms with Gasteiger partial charge in [0.05, 0.1) is 17.9 Å². The van der Waals surface area contributed by atoms with Crippen molar-refractivity contribution in [2.75, 3.05) is 26.2 Å². The molecule has 1 aliphatic heterocycles. The second kappa shape index (κ2) is 6.73. The van der Waals surface area contributed by atoms with Crippen LogP contribution in [0.2, 0.25) is 0 Å². The molecular formula is C13H24N2O3. The van der Waals surface area contributed by atoms with Crippen LogP contribution in [0.25, 0.3) is 0 Å². The minimum atomic E-state index is -0.489. The molecule has 0 unspecified atom stereocenters. The van der Waals surface area contributed by atoms with Crippen molar-refractivity contribution in [2.24, 2.45) is 11.3 Å². The molecule has 1 rings (SSSR count). The molecule has 0 aliphatic carbocycles. The lowest BCUT2D eigenvalue weighted by molar-refractivity contribution is -0.153. The first-order valence-electron chi connectivity index (χ1n) is 6.57. The summed E-state index contributed by atoms with van der Waals surface area (Å²) >= 11 is 0. The lowest BCUT2D eigenvalue weighted by Crippen LogP contribution is -2.41. The zero-order valence-corrected chi connectivity index (χ0v) is 11.5. The Bertz CT molecular complexity index is 291. The van der Waals surface area contributed by atoms with Gasteiger partial charge in [0.25, 0.3) is 0 Å². The molecule has 5 nitrogen and oxygen atoms in total. The van der Waals surface area contributed by atoms with Crippen LogP contribution < -0.4 is 10.6 Å². The Morgan fingerprint density at radius 1 is 1.39 bits per heavy atom. The van der Waals surface area contributed by atoms with Crippen molar-refractivity contribution in [3.8, 4) is 0 Å². The van der Waals surface area contributed by atoms with E-state index in [0.29, 0.717) is 6.54 Å². The van der Waals surface area contributed by atoms with E-state index in [9.17, 15) is 9.59 Å². The zero-order chi connectivity index (χ0) is 13.6. The summed E-state index contributed by atoms with van der Waals surface area (Å²) in [6.45, 7) is 7.78. The van der Waals surface area contributed by atoms with Crippen molar-refractivity contribution in [3.05, 3.63) is 0 Å². The first kappa shape index (κ1) is 15.0. The third-order valence-electron chi connectivity index (χ3n) is 2.91. The molecule has 18 heavy (non-hydrogen) atoms. The van der Waals surface area contributed by atoms with E-state index in [1.807, 2.05) is 20.8 Å². The van der Waals surface area contributed by atoms with Crippen LogP contribution in [0.15, 0.2) is 0 Å². The number of hydrogen-bond acceptors (Lipinski definition) is 4. The largest absolute Gasteiger partial charge is 0.463 e. The summed E-state index contributed by atoms with van der Waals surface area (Å²) in [5, 5.41) is 6.00. The maximum Gasteiger partial charge on any atom is 0.311 e. The number of piperidine rings is 1. The molecule has 0 aromatic carbocycles. The first-order valence-corrected chi connectivity index (χ1v) is 6.57. The summed E-state index contributed by atoms with van der Waals surface area (Å²) in [6, 6.07) is 0. The van der Waals surface area contributed by atoms with Gasteiger partial charge in [0.2, 0.25) is 5.91 Å². The van der Waals surface area contributed by atoms with Gasteiger partial charge in [0, 0.05) is 6.54 Å². The SMILES string of the molecule is CC(C)(C)C(=O)OCCNC(=O)[C@H]1CCCNC1. The highest BCUT2D eigenvalue weighted by Gasteiger charge is 2.23. The van der Waals surface area contributed by atoms with E-state index >= 15 is 0 Å². The minimum absolute atomic E-state index is 0.0500. The summed E-state index contributed by atoms with van der Waals surface area (Å²) in [5.74, 6) is -0.137. The van der Waals surface area contributed by atoms with Crippen molar-refractivity contribution in [2.45, 2.75) is 33.6 Å². The first-order chi connectivity index (χ1) is 8.41. The Morgan fingerprint density at radius 2 is 2.11 bits per heavy atom. The molecule has 104 valence electrons. The lowest BCUT2D eigenvalue weighted by atomic mass is 9.97. The van der Waals surface area contributed by atoms with Gasteiger partial charge < -0.3 is 15.4 Å². The van der Waals surface area contributed by atoms with Crippen LogP contribution in [0.4, 0.5) is 0 Å². The van der Waals surface area contributed by atoms with E-state index in [1.165, 1.54) is 0 Å². The number of carbonyl (C=O) groups is 2. The molecule has 0 saturated carbocycles. The lowest BCUT2D eigenvalue weighted by Gasteiger charge is -2.22. The third kappa shape index (κ3) is 5.04. The van der Waals surface area contributed by atoms with Crippen LogP contribution in [-0.2, 0) is 14.3 Å². The van der Waals surface area contributed by atoms with Gasteiger partial charge in [0.15, 0.2) is 0 Å². The van der Waals surface area contributed by atoms with Gasteiger partial charge >= 0.3 is 5.97 Å². The van der Waals surface area contributed by atoms with Gasteiger partial charge in [-0.15, -0.1) is 0 Å². The van der Waals surface area contributed by atoms with Crippen molar-refractivity contribution in [1.29, 1.82) is 0 Å². The van der Waals surface area contributed by atoms with Crippen LogP contribution in [0.1, 0.15) is 33.6 Å². The second-order valence-electron chi connectivity index (χ2n) is 5.72. The average molecular weight is 256 g/mol. The Balaban J connectivity index is 2.14. The van der Waals surface area contributed by atoms with E-state index < -0.39 is 5.41 Å². The molecule has 0 spiro atoms. The van der Waals surface area contributed by atoms with Crippen molar-refractivity contribution in [1.82, 2.24) is 10.6 Å². The van der Waals surface area contributed by atoms with Crippen LogP contribution >= 0.6 is 0 Å². The van der Waals surface area contributed by atoms with Crippen molar-refractivity contribution >= 4 is 11.9 Å². The van der Waals surface area contributed by atoms with Crippen LogP contribution in [0.3, 0.4) is 0 Å². The van der Waals surface area contributed by atoms with Gasteiger partial charge in [0.1, 0.15) is 6.61 Å². The molecule has 1 fully saturated rings. The fraction of sp³-hybridized carbons (Fsp3) is 0.846. The molecule has 1 atom stereocenters. The fourth-order valence-electron chi connectivity index (χ4n) is 1.75. The number of nitrogens with one attached hydrogen (secondary N) is 2. The predicted molar refractivity (Wildman–Crippen MR) is 69.0 cm³/mol. The van der Waals surface area contributed by atoms with Gasteiger partial charge in [-0.2, -0.15) is 0 Å². The Kier molecular flexibility index (Phi) is 5.59. The Hall–Kier alpha value is -1.10. The van der Waals surface area contributed by atoms with Crippen LogP contribution in [0, 0.1) is 11.3 Å². The highest BCUT2D eigenvalue weighted by Crippen LogP contribution is 2.14. The van der Waals surface area contributed by atoms with E-state index in [0.717, 1.165) is 25.9 Å². The molecular weight excluding hydrogens is 232 g/mol. The maximum absolute atomic E-state index is 11.7. The predicted octanol–water partition coefficient (Wildman–Crippen LogP) is 0.691. The summed E-state index contributed by atoms with van der Waals surface area (Å²) in [7, 11) is 0. The molecule has 1 heterocycles. The smallest absolute Gasteiger partial charge is 0.311 e. The molecule has 0 bridgehead atoms. The molecule has 1 saturated heterocycles. The summed E-state index contributed by atoms with van der Waals surface area (Å²) in [4.78, 5) is 23.2. The van der Waals surface area contributed by atoms with E-state index in [2.05, 4.69) is 10.6 Å². The zero-order valence-electron chi connectivity index (χ0n) is 11.5. The highest BCUT2D eigenvalue weighted by atomic mass is 16.5. The topological polar surface area (TPSA) is 67.4 Å². The summed E-state index contributed by atoms with van der Waals surface area (Å²) in [5.41, 5.74) is -0.489. The number of hydrogen-bond donors (Lipinski definition) is 2. The molecule has 0 aromatic heterocycles. The molecule has 1 amide bonds. The van der Waals surface area contributed by atoms with Crippen molar-refractivity contribution in [3.63, 3.8) is 0 Å². The van der Waals surface area contributed by atoms with Gasteiger partial charge in [-0.3, -0.25) is 9.59 Å². The summed E-state index contributed by atoms with van der Waals surface area (Å²) in [6.07, 6.45) is 1.97. The van der Waals surface area contributed by atoms with Gasteiger partial charge in [-0.25, -0.2) is 0 Å². The monoisotopic (exact) mass is 256 g/mol. The van der Waals surface area contributed by atoms with Crippen LogP contribution in [0.5, 0.6) is 0 Å². The van der Waals surface area contributed by atoms with Gasteiger partial charge in [-0.1, -0.05) is 0 Å². The Labute approximate surface area is 109 Å². The van der Waals surface area contributed by atoms with Crippen LogP contribution in [-0.4, -0.2) is 38.1 Å². The van der Waals surface area contributed by atoms with E-state index in [-0.39, 0.29) is 24.4 Å². The molecule has 0 aromatic rings. The third-order valence-corrected chi connectivity index (χ3v) is 2.91. The normalized spacial score (nSPS) is 20.3. The molecule has 0 radical (unpaired) electrons. The number of esters is 1. The number of rotatable bonds is 4. The summed E-state index contributed by atoms with van der Waals surface area (Å²) < 4.78 is 5.07. The molecule has 1 aliphatic rings. The van der Waals surface area contributed by atoms with Crippen molar-refractivity contribution < 1.29 is 14.3 Å². The minimum Gasteiger partial charge on any atom is -0.463 e. The molecule has 2 N–H and O–H groups in total. The Morgan fingerprint density at radius 3 is 2.67 bits per heavy atom. The fourth-order valence-corrected chi connectivity index (χ4v) is 1.75. The average Bonchev–Trinajstić information content (AvgIpc) is 2.34. The quantitative estimate of drug-likeness (QED) is 0.574.